The first kappa shape index (κ1) is 21.8. The van der Waals surface area contributed by atoms with Gasteiger partial charge < -0.3 is 15.4 Å². The molecule has 0 radical (unpaired) electrons. The van der Waals surface area contributed by atoms with Gasteiger partial charge in [-0.15, -0.1) is 0 Å². The number of hydrogen-bond acceptors (Lipinski definition) is 4. The Balaban J connectivity index is 1.31. The van der Waals surface area contributed by atoms with Crippen LogP contribution in [0.3, 0.4) is 0 Å². The van der Waals surface area contributed by atoms with Gasteiger partial charge in [0.1, 0.15) is 0 Å². The van der Waals surface area contributed by atoms with E-state index in [4.69, 9.17) is 4.74 Å². The summed E-state index contributed by atoms with van der Waals surface area (Å²) < 4.78 is 5.13. The molecule has 4 aliphatic carbocycles. The van der Waals surface area contributed by atoms with Crippen molar-refractivity contribution in [2.24, 2.45) is 23.2 Å². The summed E-state index contributed by atoms with van der Waals surface area (Å²) in [5.41, 5.74) is 0.515. The van der Waals surface area contributed by atoms with E-state index in [1.807, 2.05) is 20.8 Å². The van der Waals surface area contributed by atoms with E-state index in [9.17, 15) is 14.4 Å². The third kappa shape index (κ3) is 4.78. The second kappa shape index (κ2) is 8.29. The van der Waals surface area contributed by atoms with Crippen molar-refractivity contribution in [3.63, 3.8) is 0 Å². The van der Waals surface area contributed by atoms with Crippen LogP contribution in [0, 0.1) is 23.2 Å². The minimum Gasteiger partial charge on any atom is -0.452 e. The predicted octanol–water partition coefficient (Wildman–Crippen LogP) is 4.30. The topological polar surface area (TPSA) is 84.5 Å². The monoisotopic (exact) mass is 426 g/mol. The molecule has 0 saturated heterocycles. The first-order chi connectivity index (χ1) is 14.7. The lowest BCUT2D eigenvalue weighted by molar-refractivity contribution is -0.140. The molecule has 4 bridgehead atoms. The van der Waals surface area contributed by atoms with Crippen LogP contribution in [0.15, 0.2) is 24.3 Å². The summed E-state index contributed by atoms with van der Waals surface area (Å²) in [6, 6.07) is 6.72. The van der Waals surface area contributed by atoms with Crippen molar-refractivity contribution in [3.8, 4) is 0 Å². The van der Waals surface area contributed by atoms with Crippen molar-refractivity contribution < 1.29 is 19.1 Å². The highest BCUT2D eigenvalue weighted by Crippen LogP contribution is 2.60. The van der Waals surface area contributed by atoms with Crippen molar-refractivity contribution in [2.75, 3.05) is 11.9 Å². The predicted molar refractivity (Wildman–Crippen MR) is 118 cm³/mol. The van der Waals surface area contributed by atoms with Crippen LogP contribution in [0.2, 0.25) is 0 Å². The Kier molecular flexibility index (Phi) is 5.84. The molecule has 2 amide bonds. The van der Waals surface area contributed by atoms with Crippen LogP contribution >= 0.6 is 0 Å². The molecule has 31 heavy (non-hydrogen) atoms. The Morgan fingerprint density at radius 1 is 1.00 bits per heavy atom. The van der Waals surface area contributed by atoms with Crippen LogP contribution in [0.25, 0.3) is 0 Å². The molecule has 4 fully saturated rings. The van der Waals surface area contributed by atoms with Crippen LogP contribution in [0.5, 0.6) is 0 Å². The largest absolute Gasteiger partial charge is 0.452 e. The first-order valence-electron chi connectivity index (χ1n) is 11.6. The zero-order valence-corrected chi connectivity index (χ0v) is 18.8. The van der Waals surface area contributed by atoms with E-state index in [1.165, 1.54) is 19.3 Å². The van der Waals surface area contributed by atoms with Gasteiger partial charge in [0.15, 0.2) is 6.61 Å². The fraction of sp³-hybridized carbons (Fsp3) is 0.640. The van der Waals surface area contributed by atoms with Crippen LogP contribution < -0.4 is 10.6 Å². The maximum atomic E-state index is 13.2. The molecule has 6 heteroatoms. The summed E-state index contributed by atoms with van der Waals surface area (Å²) in [4.78, 5) is 37.4. The van der Waals surface area contributed by atoms with Gasteiger partial charge in [-0.05, 0) is 101 Å². The number of anilines is 1. The zero-order chi connectivity index (χ0) is 22.2. The maximum absolute atomic E-state index is 13.2. The van der Waals surface area contributed by atoms with Gasteiger partial charge in [-0.2, -0.15) is 0 Å². The minimum absolute atomic E-state index is 0.136. The molecule has 0 atom stereocenters. The summed E-state index contributed by atoms with van der Waals surface area (Å²) in [7, 11) is 0. The number of nitrogens with one attached hydrogen (secondary N) is 2. The smallest absolute Gasteiger partial charge is 0.338 e. The van der Waals surface area contributed by atoms with Crippen molar-refractivity contribution in [3.05, 3.63) is 29.8 Å². The molecule has 0 heterocycles. The summed E-state index contributed by atoms with van der Waals surface area (Å²) in [5, 5.41) is 5.93. The van der Waals surface area contributed by atoms with Crippen LogP contribution in [-0.2, 0) is 14.3 Å². The number of esters is 1. The Morgan fingerprint density at radius 3 is 2.06 bits per heavy atom. The molecule has 2 N–H and O–H groups in total. The molecule has 168 valence electrons. The van der Waals surface area contributed by atoms with E-state index in [0.29, 0.717) is 29.0 Å². The number of amides is 2. The van der Waals surface area contributed by atoms with Gasteiger partial charge in [-0.25, -0.2) is 4.79 Å². The summed E-state index contributed by atoms with van der Waals surface area (Å²) in [6.45, 7) is 5.51. The van der Waals surface area contributed by atoms with E-state index in [2.05, 4.69) is 10.6 Å². The fourth-order valence-corrected chi connectivity index (χ4v) is 6.06. The lowest BCUT2D eigenvalue weighted by atomic mass is 9.49. The molecule has 1 aromatic rings. The molecule has 1 aromatic carbocycles. The number of carbonyl (C=O) groups is 3. The minimum atomic E-state index is -0.552. The Bertz CT molecular complexity index is 823. The highest BCUT2D eigenvalue weighted by atomic mass is 16.5. The molecule has 0 aliphatic heterocycles. The first-order valence-corrected chi connectivity index (χ1v) is 11.6. The Hall–Kier alpha value is -2.37. The van der Waals surface area contributed by atoms with E-state index >= 15 is 0 Å². The van der Waals surface area contributed by atoms with Gasteiger partial charge in [0.25, 0.3) is 5.91 Å². The Labute approximate surface area is 184 Å². The average molecular weight is 427 g/mol. The summed E-state index contributed by atoms with van der Waals surface area (Å²) in [6.07, 6.45) is 7.75. The molecule has 0 unspecified atom stereocenters. The molecule has 0 aromatic heterocycles. The third-order valence-electron chi connectivity index (χ3n) is 7.59. The van der Waals surface area contributed by atoms with E-state index in [0.717, 1.165) is 25.7 Å². The SMILES string of the molecule is CCC(C)(C)NC(=O)COC(=O)c1ccc(NC(=O)C23CC4CC(CC(C4)C2)C3)cc1. The highest BCUT2D eigenvalue weighted by Gasteiger charge is 2.54. The maximum Gasteiger partial charge on any atom is 0.338 e. The molecule has 0 spiro atoms. The number of benzene rings is 1. The zero-order valence-electron chi connectivity index (χ0n) is 18.8. The fourth-order valence-electron chi connectivity index (χ4n) is 6.06. The highest BCUT2D eigenvalue weighted by molar-refractivity contribution is 5.96. The molecular weight excluding hydrogens is 392 g/mol. The van der Waals surface area contributed by atoms with Gasteiger partial charge in [0.05, 0.1) is 11.0 Å². The molecule has 4 aliphatic rings. The lowest BCUT2D eigenvalue weighted by Crippen LogP contribution is -2.51. The average Bonchev–Trinajstić information content (AvgIpc) is 2.71. The molecule has 4 saturated carbocycles. The van der Waals surface area contributed by atoms with E-state index < -0.39 is 5.97 Å². The number of hydrogen-bond donors (Lipinski definition) is 2. The van der Waals surface area contributed by atoms with Crippen molar-refractivity contribution in [1.29, 1.82) is 0 Å². The van der Waals surface area contributed by atoms with Crippen LogP contribution in [0.1, 0.15) is 76.1 Å². The van der Waals surface area contributed by atoms with E-state index in [-0.39, 0.29) is 29.4 Å². The number of ether oxygens (including phenoxy) is 1. The molecule has 6 nitrogen and oxygen atoms in total. The number of rotatable bonds is 7. The quantitative estimate of drug-likeness (QED) is 0.637. The number of carbonyl (C=O) groups excluding carboxylic acids is 3. The van der Waals surface area contributed by atoms with Gasteiger partial charge in [-0.3, -0.25) is 9.59 Å². The van der Waals surface area contributed by atoms with Gasteiger partial charge in [0, 0.05) is 11.2 Å². The summed E-state index contributed by atoms with van der Waals surface area (Å²) in [5.74, 6) is 1.41. The van der Waals surface area contributed by atoms with Gasteiger partial charge in [0.2, 0.25) is 5.91 Å². The Morgan fingerprint density at radius 2 is 1.55 bits per heavy atom. The van der Waals surface area contributed by atoms with Crippen molar-refractivity contribution >= 4 is 23.5 Å². The normalized spacial score (nSPS) is 28.8. The van der Waals surface area contributed by atoms with Gasteiger partial charge >= 0.3 is 5.97 Å². The van der Waals surface area contributed by atoms with Crippen LogP contribution in [-0.4, -0.2) is 29.9 Å². The standard InChI is InChI=1S/C25H34N2O4/c1-4-24(2,3)27-21(28)15-31-22(29)19-5-7-20(8-6-19)26-23(30)25-12-16-9-17(13-25)11-18(10-16)14-25/h5-8,16-18H,4,9-15H2,1-3H3,(H,26,30)(H,27,28). The van der Waals surface area contributed by atoms with Gasteiger partial charge in [-0.1, -0.05) is 6.92 Å². The van der Waals surface area contributed by atoms with Crippen molar-refractivity contribution in [2.45, 2.75) is 71.3 Å². The van der Waals surface area contributed by atoms with E-state index in [1.54, 1.807) is 24.3 Å². The molecule has 5 rings (SSSR count). The van der Waals surface area contributed by atoms with Crippen LogP contribution in [0.4, 0.5) is 5.69 Å². The second-order valence-electron chi connectivity index (χ2n) is 10.6. The van der Waals surface area contributed by atoms with Crippen molar-refractivity contribution in [1.82, 2.24) is 5.32 Å². The third-order valence-corrected chi connectivity index (χ3v) is 7.59. The molecular formula is C25H34N2O4. The summed E-state index contributed by atoms with van der Waals surface area (Å²) >= 11 is 0. The second-order valence-corrected chi connectivity index (χ2v) is 10.6. The lowest BCUT2D eigenvalue weighted by Gasteiger charge is -2.55.